The number of halogens is 1. The molecule has 0 bridgehead atoms. The highest BCUT2D eigenvalue weighted by Crippen LogP contribution is 2.21. The number of carboxylic acid groups (broad SMARTS) is 1. The first-order chi connectivity index (χ1) is 9.06. The molecule has 5 heteroatoms. The van der Waals surface area contributed by atoms with Crippen LogP contribution in [0.3, 0.4) is 0 Å². The first-order valence-electron chi connectivity index (χ1n) is 5.72. The molecule has 0 spiro atoms. The van der Waals surface area contributed by atoms with Crippen molar-refractivity contribution in [3.8, 4) is 11.3 Å². The van der Waals surface area contributed by atoms with Gasteiger partial charge in [0.15, 0.2) is 0 Å². The molecule has 98 valence electrons. The fraction of sp³-hybridized carbons (Fsp3) is 0.143. The Balaban J connectivity index is 2.28. The van der Waals surface area contributed by atoms with Crippen LogP contribution in [0.5, 0.6) is 0 Å². The van der Waals surface area contributed by atoms with Gasteiger partial charge in [-0.1, -0.05) is 29.8 Å². The van der Waals surface area contributed by atoms with Crippen molar-refractivity contribution in [1.29, 1.82) is 0 Å². The number of benzene rings is 1. The van der Waals surface area contributed by atoms with E-state index < -0.39 is 5.97 Å². The highest BCUT2D eigenvalue weighted by atomic mass is 35.5. The lowest BCUT2D eigenvalue weighted by Gasteiger charge is -2.16. The van der Waals surface area contributed by atoms with E-state index in [-0.39, 0.29) is 6.54 Å². The van der Waals surface area contributed by atoms with Crippen LogP contribution in [0.15, 0.2) is 42.5 Å². The monoisotopic (exact) mass is 276 g/mol. The second-order valence-corrected chi connectivity index (χ2v) is 4.57. The van der Waals surface area contributed by atoms with E-state index >= 15 is 0 Å². The van der Waals surface area contributed by atoms with E-state index in [0.29, 0.717) is 10.8 Å². The van der Waals surface area contributed by atoms with Gasteiger partial charge >= 0.3 is 5.97 Å². The number of carboxylic acids is 1. The molecule has 0 atom stereocenters. The third-order valence-electron chi connectivity index (χ3n) is 2.64. The van der Waals surface area contributed by atoms with Crippen LogP contribution in [-0.4, -0.2) is 29.7 Å². The predicted molar refractivity (Wildman–Crippen MR) is 75.6 cm³/mol. The molecular weight excluding hydrogens is 264 g/mol. The quantitative estimate of drug-likeness (QED) is 0.933. The van der Waals surface area contributed by atoms with Crippen LogP contribution in [-0.2, 0) is 4.79 Å². The summed E-state index contributed by atoms with van der Waals surface area (Å²) in [5.41, 5.74) is 1.72. The van der Waals surface area contributed by atoms with Crippen LogP contribution in [0.25, 0.3) is 11.3 Å². The van der Waals surface area contributed by atoms with Gasteiger partial charge in [0.05, 0.1) is 5.69 Å². The van der Waals surface area contributed by atoms with Crippen LogP contribution < -0.4 is 4.90 Å². The molecule has 2 aromatic rings. The zero-order valence-corrected chi connectivity index (χ0v) is 11.1. The van der Waals surface area contributed by atoms with Crippen LogP contribution in [0, 0.1) is 0 Å². The summed E-state index contributed by atoms with van der Waals surface area (Å²) in [6.45, 7) is -0.0862. The summed E-state index contributed by atoms with van der Waals surface area (Å²) in [4.78, 5) is 16.7. The second kappa shape index (κ2) is 5.71. The number of aromatic nitrogens is 1. The number of nitrogens with zero attached hydrogens (tertiary/aromatic N) is 2. The summed E-state index contributed by atoms with van der Waals surface area (Å²) in [6.07, 6.45) is 0. The van der Waals surface area contributed by atoms with Crippen molar-refractivity contribution in [1.82, 2.24) is 4.98 Å². The van der Waals surface area contributed by atoms with Crippen molar-refractivity contribution < 1.29 is 9.90 Å². The molecule has 0 aliphatic heterocycles. The van der Waals surface area contributed by atoms with E-state index in [0.717, 1.165) is 11.3 Å². The molecule has 0 fully saturated rings. The summed E-state index contributed by atoms with van der Waals surface area (Å²) >= 11 is 5.84. The Morgan fingerprint density at radius 2 is 1.95 bits per heavy atom. The summed E-state index contributed by atoms with van der Waals surface area (Å²) in [7, 11) is 1.70. The molecule has 0 aliphatic carbocycles. The maximum Gasteiger partial charge on any atom is 0.323 e. The van der Waals surface area contributed by atoms with Gasteiger partial charge in [-0.25, -0.2) is 4.98 Å². The fourth-order valence-corrected chi connectivity index (χ4v) is 1.83. The van der Waals surface area contributed by atoms with Gasteiger partial charge in [0.1, 0.15) is 12.4 Å². The number of hydrogen-bond donors (Lipinski definition) is 1. The largest absolute Gasteiger partial charge is 0.480 e. The van der Waals surface area contributed by atoms with Crippen molar-refractivity contribution in [3.05, 3.63) is 47.5 Å². The lowest BCUT2D eigenvalue weighted by Crippen LogP contribution is -2.25. The van der Waals surface area contributed by atoms with Gasteiger partial charge in [-0.15, -0.1) is 0 Å². The smallest absolute Gasteiger partial charge is 0.323 e. The third kappa shape index (κ3) is 3.45. The van der Waals surface area contributed by atoms with Crippen LogP contribution in [0.4, 0.5) is 5.82 Å². The van der Waals surface area contributed by atoms with Crippen molar-refractivity contribution in [2.75, 3.05) is 18.5 Å². The molecule has 1 N–H and O–H groups in total. The number of hydrogen-bond acceptors (Lipinski definition) is 3. The zero-order chi connectivity index (χ0) is 13.8. The third-order valence-corrected chi connectivity index (χ3v) is 2.89. The Bertz CT molecular complexity index is 584. The molecule has 19 heavy (non-hydrogen) atoms. The molecule has 0 saturated heterocycles. The van der Waals surface area contributed by atoms with E-state index in [4.69, 9.17) is 16.7 Å². The average Bonchev–Trinajstić information content (AvgIpc) is 2.39. The Kier molecular flexibility index (Phi) is 4.02. The lowest BCUT2D eigenvalue weighted by atomic mass is 10.1. The summed E-state index contributed by atoms with van der Waals surface area (Å²) in [5.74, 6) is -0.268. The SMILES string of the molecule is CN(CC(=O)O)c1cccc(-c2ccc(Cl)cc2)n1. The first-order valence-corrected chi connectivity index (χ1v) is 6.10. The highest BCUT2D eigenvalue weighted by molar-refractivity contribution is 6.30. The Labute approximate surface area is 116 Å². The van der Waals surface area contributed by atoms with E-state index in [1.165, 1.54) is 0 Å². The number of carbonyl (C=O) groups is 1. The van der Waals surface area contributed by atoms with Gasteiger partial charge in [-0.3, -0.25) is 4.79 Å². The number of likely N-dealkylation sites (N-methyl/N-ethyl adjacent to an activating group) is 1. The summed E-state index contributed by atoms with van der Waals surface area (Å²) < 4.78 is 0. The molecule has 0 radical (unpaired) electrons. The van der Waals surface area contributed by atoms with Crippen LogP contribution >= 0.6 is 11.6 Å². The van der Waals surface area contributed by atoms with Gasteiger partial charge in [0.2, 0.25) is 0 Å². The molecule has 4 nitrogen and oxygen atoms in total. The number of anilines is 1. The molecule has 0 amide bonds. The minimum absolute atomic E-state index is 0.0862. The summed E-state index contributed by atoms with van der Waals surface area (Å²) in [6, 6.07) is 12.9. The van der Waals surface area contributed by atoms with Gasteiger partial charge < -0.3 is 10.0 Å². The Hall–Kier alpha value is -2.07. The number of rotatable bonds is 4. The molecule has 0 unspecified atom stereocenters. The van der Waals surface area contributed by atoms with E-state index in [9.17, 15) is 4.79 Å². The second-order valence-electron chi connectivity index (χ2n) is 4.14. The van der Waals surface area contributed by atoms with Crippen LogP contribution in [0.1, 0.15) is 0 Å². The minimum atomic E-state index is -0.888. The topological polar surface area (TPSA) is 53.4 Å². The maximum absolute atomic E-state index is 10.7. The summed E-state index contributed by atoms with van der Waals surface area (Å²) in [5, 5.41) is 9.45. The highest BCUT2D eigenvalue weighted by Gasteiger charge is 2.08. The zero-order valence-electron chi connectivity index (χ0n) is 10.4. The Morgan fingerprint density at radius 3 is 2.58 bits per heavy atom. The lowest BCUT2D eigenvalue weighted by molar-refractivity contribution is -0.135. The Morgan fingerprint density at radius 1 is 1.26 bits per heavy atom. The van der Waals surface area contributed by atoms with Gasteiger partial charge in [0, 0.05) is 17.6 Å². The van der Waals surface area contributed by atoms with Gasteiger partial charge in [0.25, 0.3) is 0 Å². The standard InChI is InChI=1S/C14H13ClN2O2/c1-17(9-14(18)19)13-4-2-3-12(16-13)10-5-7-11(15)8-6-10/h2-8H,9H2,1H3,(H,18,19). The van der Waals surface area contributed by atoms with Crippen molar-refractivity contribution in [2.24, 2.45) is 0 Å². The fourth-order valence-electron chi connectivity index (χ4n) is 1.70. The maximum atomic E-state index is 10.7. The van der Waals surface area contributed by atoms with E-state index in [1.807, 2.05) is 24.3 Å². The normalized spacial score (nSPS) is 10.2. The van der Waals surface area contributed by atoms with Gasteiger partial charge in [-0.05, 0) is 24.3 Å². The van der Waals surface area contributed by atoms with Gasteiger partial charge in [-0.2, -0.15) is 0 Å². The first kappa shape index (κ1) is 13.4. The molecule has 1 heterocycles. The molecule has 0 aliphatic rings. The molecule has 0 saturated carbocycles. The number of aliphatic carboxylic acids is 1. The van der Waals surface area contributed by atoms with E-state index in [2.05, 4.69) is 4.98 Å². The molecular formula is C14H13ClN2O2. The van der Waals surface area contributed by atoms with Crippen LogP contribution in [0.2, 0.25) is 5.02 Å². The van der Waals surface area contributed by atoms with Crippen molar-refractivity contribution in [3.63, 3.8) is 0 Å². The molecule has 1 aromatic heterocycles. The number of pyridine rings is 1. The average molecular weight is 277 g/mol. The molecule has 1 aromatic carbocycles. The van der Waals surface area contributed by atoms with Crippen molar-refractivity contribution in [2.45, 2.75) is 0 Å². The van der Waals surface area contributed by atoms with E-state index in [1.54, 1.807) is 30.1 Å². The predicted octanol–water partition coefficient (Wildman–Crippen LogP) is 2.92. The van der Waals surface area contributed by atoms with Crippen molar-refractivity contribution >= 4 is 23.4 Å². The molecule has 2 rings (SSSR count). The minimum Gasteiger partial charge on any atom is -0.480 e.